The summed E-state index contributed by atoms with van der Waals surface area (Å²) in [6.45, 7) is 2.56. The third-order valence-corrected chi connectivity index (χ3v) is 4.89. The van der Waals surface area contributed by atoms with Gasteiger partial charge in [-0.2, -0.15) is 26.3 Å². The van der Waals surface area contributed by atoms with Crippen molar-refractivity contribution < 1.29 is 35.1 Å². The monoisotopic (exact) mass is 413 g/mol. The van der Waals surface area contributed by atoms with Crippen molar-refractivity contribution in [2.75, 3.05) is 5.73 Å². The molecule has 0 aliphatic heterocycles. The summed E-state index contributed by atoms with van der Waals surface area (Å²) in [5.74, 6) is -1.50. The molecule has 0 aliphatic rings. The quantitative estimate of drug-likeness (QED) is 0.581. The van der Waals surface area contributed by atoms with E-state index in [1.807, 2.05) is 0 Å². The van der Waals surface area contributed by atoms with Crippen LogP contribution in [-0.2, 0) is 28.2 Å². The van der Waals surface area contributed by atoms with Crippen molar-refractivity contribution in [1.29, 1.82) is 0 Å². The fourth-order valence-electron chi connectivity index (χ4n) is 2.27. The molecule has 5 nitrogen and oxygen atoms in total. The number of halogens is 6. The van der Waals surface area contributed by atoms with Crippen molar-refractivity contribution in [3.8, 4) is 11.4 Å². The van der Waals surface area contributed by atoms with E-state index in [0.717, 1.165) is 6.07 Å². The summed E-state index contributed by atoms with van der Waals surface area (Å²) in [5, 5.41) is 0. The molecule has 0 spiro atoms. The molecule has 0 saturated heterocycles. The van der Waals surface area contributed by atoms with Gasteiger partial charge in [-0.3, -0.25) is 0 Å². The second-order valence-electron chi connectivity index (χ2n) is 6.01. The van der Waals surface area contributed by atoms with Crippen molar-refractivity contribution >= 4 is 16.9 Å². The summed E-state index contributed by atoms with van der Waals surface area (Å²) in [6, 6.07) is 2.26. The molecule has 0 amide bonds. The maximum atomic E-state index is 13.0. The first-order chi connectivity index (χ1) is 12.2. The third kappa shape index (κ3) is 4.21. The number of alkyl halides is 6. The molecule has 148 valence electrons. The summed E-state index contributed by atoms with van der Waals surface area (Å²) < 4.78 is 97.1. The fraction of sp³-hybridized carbons (Fsp3) is 0.333. The van der Waals surface area contributed by atoms with Gasteiger partial charge in [-0.1, -0.05) is 6.07 Å². The second-order valence-corrected chi connectivity index (χ2v) is 7.53. The van der Waals surface area contributed by atoms with Crippen LogP contribution in [0, 0.1) is 0 Å². The lowest BCUT2D eigenvalue weighted by Crippen LogP contribution is -2.25. The predicted molar refractivity (Wildman–Crippen MR) is 85.7 cm³/mol. The van der Waals surface area contributed by atoms with Crippen LogP contribution in [0.2, 0.25) is 0 Å². The Bertz CT molecular complexity index is 896. The average Bonchev–Trinajstić information content (AvgIpc) is 2.51. The van der Waals surface area contributed by atoms with Crippen LogP contribution in [0.5, 0.6) is 0 Å². The molecule has 3 N–H and O–H groups in total. The summed E-state index contributed by atoms with van der Waals surface area (Å²) in [7, 11) is 0. The highest BCUT2D eigenvalue weighted by Gasteiger charge is 2.37. The van der Waals surface area contributed by atoms with Gasteiger partial charge in [-0.25, -0.2) is 14.2 Å². The van der Waals surface area contributed by atoms with E-state index >= 15 is 0 Å². The van der Waals surface area contributed by atoms with Gasteiger partial charge < -0.3 is 10.3 Å². The standard InChI is InChI=1S/C15H13F6N3O2S/c1-13(2,27(25)26)9-4-3-7(14(16,17)18)5-8(9)12-23-6-10(11(22)24-12)15(19,20)21/h3-6H,1-2H3,(H,25,26)(H2,22,23,24). The van der Waals surface area contributed by atoms with Gasteiger partial charge in [0.05, 0.1) is 10.3 Å². The van der Waals surface area contributed by atoms with Crippen LogP contribution in [0.25, 0.3) is 11.4 Å². The lowest BCUT2D eigenvalue weighted by Gasteiger charge is -2.24. The van der Waals surface area contributed by atoms with Crippen LogP contribution in [0.15, 0.2) is 24.4 Å². The molecule has 27 heavy (non-hydrogen) atoms. The Morgan fingerprint density at radius 2 is 1.63 bits per heavy atom. The fourth-order valence-corrected chi connectivity index (χ4v) is 2.63. The van der Waals surface area contributed by atoms with Crippen molar-refractivity contribution in [2.24, 2.45) is 0 Å². The van der Waals surface area contributed by atoms with Crippen LogP contribution >= 0.6 is 0 Å². The van der Waals surface area contributed by atoms with Crippen molar-refractivity contribution in [3.63, 3.8) is 0 Å². The molecule has 12 heteroatoms. The largest absolute Gasteiger partial charge is 0.421 e. The van der Waals surface area contributed by atoms with E-state index in [-0.39, 0.29) is 11.1 Å². The van der Waals surface area contributed by atoms with E-state index in [0.29, 0.717) is 18.3 Å². The van der Waals surface area contributed by atoms with Crippen molar-refractivity contribution in [1.82, 2.24) is 9.97 Å². The first-order valence-electron chi connectivity index (χ1n) is 7.18. The first-order valence-corrected chi connectivity index (χ1v) is 8.29. The van der Waals surface area contributed by atoms with E-state index in [1.54, 1.807) is 0 Å². The second kappa shape index (κ2) is 6.75. The Kier molecular flexibility index (Phi) is 5.27. The van der Waals surface area contributed by atoms with Gasteiger partial charge in [0.1, 0.15) is 11.4 Å². The minimum absolute atomic E-state index is 0.0597. The smallest absolute Gasteiger partial charge is 0.383 e. The number of nitrogens with two attached hydrogens (primary N) is 1. The number of hydrogen-bond donors (Lipinski definition) is 2. The summed E-state index contributed by atoms with van der Waals surface area (Å²) in [6.07, 6.45) is -9.25. The minimum Gasteiger partial charge on any atom is -0.383 e. The van der Waals surface area contributed by atoms with Crippen LogP contribution in [0.4, 0.5) is 32.2 Å². The molecule has 1 unspecified atom stereocenters. The molecule has 0 bridgehead atoms. The molecule has 0 aliphatic carbocycles. The Labute approximate surface area is 151 Å². The molecule has 1 aromatic carbocycles. The predicted octanol–water partition coefficient (Wildman–Crippen LogP) is 4.22. The third-order valence-electron chi connectivity index (χ3n) is 3.80. The molecule has 1 atom stereocenters. The number of rotatable bonds is 3. The molecule has 1 heterocycles. The van der Waals surface area contributed by atoms with E-state index in [9.17, 15) is 35.1 Å². The van der Waals surface area contributed by atoms with Gasteiger partial charge in [-0.05, 0) is 31.5 Å². The molecule has 1 aromatic heterocycles. The number of hydrogen-bond acceptors (Lipinski definition) is 4. The van der Waals surface area contributed by atoms with Crippen molar-refractivity contribution in [2.45, 2.75) is 30.9 Å². The number of nitrogen functional groups attached to an aromatic ring is 1. The van der Waals surface area contributed by atoms with Crippen LogP contribution in [0.1, 0.15) is 30.5 Å². The molecular formula is C15H13F6N3O2S. The lowest BCUT2D eigenvalue weighted by molar-refractivity contribution is -0.138. The molecule has 2 rings (SSSR count). The Hall–Kier alpha value is -2.21. The molecule has 0 fully saturated rings. The number of aromatic nitrogens is 2. The maximum absolute atomic E-state index is 13.0. The van der Waals surface area contributed by atoms with E-state index in [2.05, 4.69) is 9.97 Å². The topological polar surface area (TPSA) is 89.1 Å². The van der Waals surface area contributed by atoms with Gasteiger partial charge in [0.2, 0.25) is 0 Å². The molecular weight excluding hydrogens is 400 g/mol. The average molecular weight is 413 g/mol. The van der Waals surface area contributed by atoms with Crippen LogP contribution < -0.4 is 5.73 Å². The van der Waals surface area contributed by atoms with Gasteiger partial charge >= 0.3 is 12.4 Å². The van der Waals surface area contributed by atoms with Crippen LogP contribution in [0.3, 0.4) is 0 Å². The van der Waals surface area contributed by atoms with Gasteiger partial charge in [0.15, 0.2) is 16.9 Å². The highest BCUT2D eigenvalue weighted by molar-refractivity contribution is 7.80. The van der Waals surface area contributed by atoms with E-state index in [1.165, 1.54) is 13.8 Å². The van der Waals surface area contributed by atoms with E-state index < -0.39 is 50.9 Å². The van der Waals surface area contributed by atoms with E-state index in [4.69, 9.17) is 5.73 Å². The van der Waals surface area contributed by atoms with Gasteiger partial charge in [-0.15, -0.1) is 0 Å². The molecule has 0 radical (unpaired) electrons. The summed E-state index contributed by atoms with van der Waals surface area (Å²) in [4.78, 5) is 6.94. The number of anilines is 1. The first kappa shape index (κ1) is 21.1. The highest BCUT2D eigenvalue weighted by Crippen LogP contribution is 2.39. The summed E-state index contributed by atoms with van der Waals surface area (Å²) >= 11 is -2.51. The maximum Gasteiger partial charge on any atom is 0.421 e. The minimum atomic E-state index is -4.84. The van der Waals surface area contributed by atoms with Crippen LogP contribution in [-0.4, -0.2) is 18.7 Å². The normalized spacial score (nSPS) is 14.3. The highest BCUT2D eigenvalue weighted by atomic mass is 32.2. The Morgan fingerprint density at radius 1 is 1.04 bits per heavy atom. The number of benzene rings is 1. The zero-order valence-corrected chi connectivity index (χ0v) is 14.6. The van der Waals surface area contributed by atoms with Gasteiger partial charge in [0, 0.05) is 11.8 Å². The molecule has 2 aromatic rings. The lowest BCUT2D eigenvalue weighted by atomic mass is 9.93. The molecule has 0 saturated carbocycles. The summed E-state index contributed by atoms with van der Waals surface area (Å²) in [5.41, 5.74) is 2.41. The Morgan fingerprint density at radius 3 is 2.07 bits per heavy atom. The Balaban J connectivity index is 2.77. The van der Waals surface area contributed by atoms with Gasteiger partial charge in [0.25, 0.3) is 0 Å². The zero-order valence-electron chi connectivity index (χ0n) is 13.8. The zero-order chi connectivity index (χ0) is 20.8. The van der Waals surface area contributed by atoms with Crippen molar-refractivity contribution in [3.05, 3.63) is 41.1 Å². The number of nitrogens with zero attached hydrogens (tertiary/aromatic N) is 2. The SMILES string of the molecule is CC(C)(c1ccc(C(F)(F)F)cc1-c1ncc(C(F)(F)F)c(N)n1)S(=O)O.